The summed E-state index contributed by atoms with van der Waals surface area (Å²) in [5.41, 5.74) is 2.91. The van der Waals surface area contributed by atoms with Gasteiger partial charge in [0.15, 0.2) is 0 Å². The van der Waals surface area contributed by atoms with Gasteiger partial charge in [-0.25, -0.2) is 4.39 Å². The summed E-state index contributed by atoms with van der Waals surface area (Å²) in [7, 11) is 0. The molecule has 2 aromatic rings. The largest absolute Gasteiger partial charge is 0.494 e. The molecule has 0 spiro atoms. The second-order valence-electron chi connectivity index (χ2n) is 6.55. The van der Waals surface area contributed by atoms with E-state index in [9.17, 15) is 14.0 Å². The van der Waals surface area contributed by atoms with E-state index >= 15 is 0 Å². The lowest BCUT2D eigenvalue weighted by molar-refractivity contribution is -0.121. The van der Waals surface area contributed by atoms with E-state index in [0.717, 1.165) is 29.0 Å². The number of ether oxygens (including phenoxy) is 1. The number of rotatable bonds is 8. The molecule has 1 heterocycles. The summed E-state index contributed by atoms with van der Waals surface area (Å²) in [6, 6.07) is 11.9. The van der Waals surface area contributed by atoms with E-state index in [1.165, 1.54) is 12.1 Å². The molecule has 3 rings (SSSR count). The van der Waals surface area contributed by atoms with E-state index < -0.39 is 0 Å². The second kappa shape index (κ2) is 9.16. The highest BCUT2D eigenvalue weighted by atomic mass is 19.1. The Morgan fingerprint density at radius 2 is 1.96 bits per heavy atom. The Balaban J connectivity index is 1.32. The molecule has 6 heteroatoms. The van der Waals surface area contributed by atoms with Crippen molar-refractivity contribution < 1.29 is 18.7 Å². The highest BCUT2D eigenvalue weighted by Gasteiger charge is 2.15. The zero-order valence-electron chi connectivity index (χ0n) is 15.1. The van der Waals surface area contributed by atoms with Crippen molar-refractivity contribution in [3.8, 4) is 5.75 Å². The molecule has 142 valence electrons. The molecule has 0 aromatic heterocycles. The predicted octanol–water partition coefficient (Wildman–Crippen LogP) is 3.23. The number of carbonyl (C=O) groups is 2. The quantitative estimate of drug-likeness (QED) is 0.701. The minimum atomic E-state index is -0.258. The molecule has 0 unspecified atom stereocenters. The van der Waals surface area contributed by atoms with Crippen molar-refractivity contribution in [2.45, 2.75) is 32.1 Å². The van der Waals surface area contributed by atoms with E-state index in [4.69, 9.17) is 4.74 Å². The lowest BCUT2D eigenvalue weighted by Crippen LogP contribution is -2.25. The topological polar surface area (TPSA) is 67.4 Å². The van der Waals surface area contributed by atoms with Gasteiger partial charge in [0, 0.05) is 25.1 Å². The van der Waals surface area contributed by atoms with Crippen molar-refractivity contribution in [2.75, 3.05) is 18.5 Å². The predicted molar refractivity (Wildman–Crippen MR) is 101 cm³/mol. The zero-order chi connectivity index (χ0) is 19.1. The van der Waals surface area contributed by atoms with E-state index in [1.54, 1.807) is 12.1 Å². The van der Waals surface area contributed by atoms with Crippen LogP contribution in [0.2, 0.25) is 0 Å². The number of aryl methyl sites for hydroxylation is 1. The van der Waals surface area contributed by atoms with E-state index in [-0.39, 0.29) is 17.6 Å². The second-order valence-corrected chi connectivity index (χ2v) is 6.55. The molecule has 0 fully saturated rings. The first-order chi connectivity index (χ1) is 13.1. The van der Waals surface area contributed by atoms with Crippen LogP contribution in [0.3, 0.4) is 0 Å². The number of anilines is 1. The van der Waals surface area contributed by atoms with Gasteiger partial charge in [0.2, 0.25) is 11.8 Å². The highest BCUT2D eigenvalue weighted by molar-refractivity contribution is 5.94. The molecular weight excluding hydrogens is 347 g/mol. The molecule has 0 atom stereocenters. The maximum Gasteiger partial charge on any atom is 0.224 e. The summed E-state index contributed by atoms with van der Waals surface area (Å²) in [5, 5.41) is 5.70. The van der Waals surface area contributed by atoms with Crippen molar-refractivity contribution in [3.63, 3.8) is 0 Å². The van der Waals surface area contributed by atoms with Crippen molar-refractivity contribution >= 4 is 17.5 Å². The summed E-state index contributed by atoms with van der Waals surface area (Å²) in [6.07, 6.45) is 2.90. The molecule has 1 aliphatic heterocycles. The lowest BCUT2D eigenvalue weighted by Gasteiger charge is -2.17. The summed E-state index contributed by atoms with van der Waals surface area (Å²) in [5.74, 6) is 0.517. The summed E-state index contributed by atoms with van der Waals surface area (Å²) >= 11 is 0. The first kappa shape index (κ1) is 18.9. The van der Waals surface area contributed by atoms with Crippen molar-refractivity contribution in [1.82, 2.24) is 5.32 Å². The first-order valence-electron chi connectivity index (χ1n) is 9.17. The van der Waals surface area contributed by atoms with Gasteiger partial charge in [0.25, 0.3) is 0 Å². The van der Waals surface area contributed by atoms with Crippen LogP contribution in [0.5, 0.6) is 5.75 Å². The standard InChI is InChI=1S/C21H23FN2O3/c22-17-6-3-15(4-7-17)11-12-23-20(25)2-1-13-27-18-8-9-19-16(14-18)5-10-21(26)24-19/h3-4,6-9,14H,1-2,5,10-13H2,(H,23,25)(H,24,26). The van der Waals surface area contributed by atoms with Crippen LogP contribution in [0.4, 0.5) is 10.1 Å². The maximum absolute atomic E-state index is 12.8. The molecule has 5 nitrogen and oxygen atoms in total. The van der Waals surface area contributed by atoms with Crippen molar-refractivity contribution in [1.29, 1.82) is 0 Å². The Morgan fingerprint density at radius 3 is 2.78 bits per heavy atom. The van der Waals surface area contributed by atoms with E-state index in [0.29, 0.717) is 38.8 Å². The highest BCUT2D eigenvalue weighted by Crippen LogP contribution is 2.26. The van der Waals surface area contributed by atoms with Gasteiger partial charge < -0.3 is 15.4 Å². The fourth-order valence-electron chi connectivity index (χ4n) is 2.96. The van der Waals surface area contributed by atoms with Gasteiger partial charge in [-0.1, -0.05) is 12.1 Å². The van der Waals surface area contributed by atoms with Crippen LogP contribution in [0.25, 0.3) is 0 Å². The summed E-state index contributed by atoms with van der Waals surface area (Å²) in [4.78, 5) is 23.2. The number of hydrogen-bond acceptors (Lipinski definition) is 3. The molecular formula is C21H23FN2O3. The van der Waals surface area contributed by atoms with Crippen LogP contribution in [-0.4, -0.2) is 25.0 Å². The van der Waals surface area contributed by atoms with Crippen LogP contribution in [0, 0.1) is 5.82 Å². The van der Waals surface area contributed by atoms with Gasteiger partial charge in [-0.05, 0) is 60.7 Å². The minimum Gasteiger partial charge on any atom is -0.494 e. The Morgan fingerprint density at radius 1 is 1.15 bits per heavy atom. The molecule has 2 aromatic carbocycles. The fraction of sp³-hybridized carbons (Fsp3) is 0.333. The van der Waals surface area contributed by atoms with Crippen LogP contribution in [0.15, 0.2) is 42.5 Å². The Hall–Kier alpha value is -2.89. The number of amides is 2. The monoisotopic (exact) mass is 370 g/mol. The third kappa shape index (κ3) is 5.81. The zero-order valence-corrected chi connectivity index (χ0v) is 15.1. The number of hydrogen-bond donors (Lipinski definition) is 2. The maximum atomic E-state index is 12.8. The molecule has 0 radical (unpaired) electrons. The van der Waals surface area contributed by atoms with Gasteiger partial charge in [-0.3, -0.25) is 9.59 Å². The van der Waals surface area contributed by atoms with Gasteiger partial charge >= 0.3 is 0 Å². The van der Waals surface area contributed by atoms with Crippen molar-refractivity contribution in [3.05, 3.63) is 59.4 Å². The van der Waals surface area contributed by atoms with Gasteiger partial charge in [-0.2, -0.15) is 0 Å². The number of carbonyl (C=O) groups excluding carboxylic acids is 2. The number of nitrogens with one attached hydrogen (secondary N) is 2. The molecule has 0 bridgehead atoms. The number of halogens is 1. The number of benzene rings is 2. The smallest absolute Gasteiger partial charge is 0.224 e. The van der Waals surface area contributed by atoms with Crippen molar-refractivity contribution in [2.24, 2.45) is 0 Å². The van der Waals surface area contributed by atoms with Crippen LogP contribution in [0.1, 0.15) is 30.4 Å². The van der Waals surface area contributed by atoms with Crippen LogP contribution < -0.4 is 15.4 Å². The molecule has 0 saturated heterocycles. The molecule has 1 aliphatic rings. The SMILES string of the molecule is O=C(CCCOc1ccc2c(c1)CCC(=O)N2)NCCc1ccc(F)cc1. The molecule has 27 heavy (non-hydrogen) atoms. The Labute approximate surface area is 157 Å². The number of fused-ring (bicyclic) bond motifs is 1. The first-order valence-corrected chi connectivity index (χ1v) is 9.17. The van der Waals surface area contributed by atoms with Gasteiger partial charge in [0.1, 0.15) is 11.6 Å². The summed E-state index contributed by atoms with van der Waals surface area (Å²) in [6.45, 7) is 0.985. The third-order valence-corrected chi connectivity index (χ3v) is 4.44. The minimum absolute atomic E-state index is 0.0196. The molecule has 2 amide bonds. The fourth-order valence-corrected chi connectivity index (χ4v) is 2.96. The van der Waals surface area contributed by atoms with E-state index in [1.807, 2.05) is 18.2 Å². The third-order valence-electron chi connectivity index (χ3n) is 4.44. The normalized spacial score (nSPS) is 12.9. The molecule has 0 saturated carbocycles. The Kier molecular flexibility index (Phi) is 6.41. The summed E-state index contributed by atoms with van der Waals surface area (Å²) < 4.78 is 18.5. The van der Waals surface area contributed by atoms with Crippen LogP contribution >= 0.6 is 0 Å². The molecule has 2 N–H and O–H groups in total. The average molecular weight is 370 g/mol. The lowest BCUT2D eigenvalue weighted by atomic mass is 10.0. The van der Waals surface area contributed by atoms with Gasteiger partial charge in [-0.15, -0.1) is 0 Å². The Bertz CT molecular complexity index is 806. The average Bonchev–Trinajstić information content (AvgIpc) is 2.67. The van der Waals surface area contributed by atoms with E-state index in [2.05, 4.69) is 10.6 Å². The van der Waals surface area contributed by atoms with Crippen LogP contribution in [-0.2, 0) is 22.4 Å². The molecule has 0 aliphatic carbocycles. The van der Waals surface area contributed by atoms with Gasteiger partial charge in [0.05, 0.1) is 6.61 Å².